The van der Waals surface area contributed by atoms with Gasteiger partial charge in [-0.3, -0.25) is 0 Å². The van der Waals surface area contributed by atoms with Gasteiger partial charge in [0.1, 0.15) is 24.9 Å². The number of methoxy groups -OCH3 is 1. The summed E-state index contributed by atoms with van der Waals surface area (Å²) in [6.45, 7) is 6.76. The molecule has 0 aromatic rings. The number of hydrogen-bond donors (Lipinski definition) is 0. The molecule has 3 rings (SSSR count). The molecular weight excluding hydrogens is 370 g/mol. The molecule has 3 aliphatic heterocycles. The van der Waals surface area contributed by atoms with Crippen molar-refractivity contribution in [2.75, 3.05) is 26.9 Å². The van der Waals surface area contributed by atoms with Gasteiger partial charge in [0, 0.05) is 13.3 Å². The van der Waals surface area contributed by atoms with E-state index < -0.39 is 46.5 Å². The van der Waals surface area contributed by atoms with Crippen LogP contribution in [0.15, 0.2) is 4.40 Å². The molecule has 0 unspecified atom stereocenters. The SMILES string of the molecule is COC/C=N/S(=O)(=O)OC[C@@]12OC[C@H]3OC(C)(C)O[C@H]3[C@@H]1OC(C)(C)O2. The summed E-state index contributed by atoms with van der Waals surface area (Å²) in [5.74, 6) is -3.26. The lowest BCUT2D eigenvalue weighted by atomic mass is 9.98. The van der Waals surface area contributed by atoms with E-state index in [1.54, 1.807) is 27.7 Å². The zero-order valence-electron chi connectivity index (χ0n) is 15.5. The second kappa shape index (κ2) is 6.74. The maximum atomic E-state index is 11.9. The Labute approximate surface area is 152 Å². The van der Waals surface area contributed by atoms with Crippen molar-refractivity contribution in [3.05, 3.63) is 0 Å². The van der Waals surface area contributed by atoms with E-state index in [0.717, 1.165) is 6.21 Å². The summed E-state index contributed by atoms with van der Waals surface area (Å²) >= 11 is 0. The molecule has 0 amide bonds. The van der Waals surface area contributed by atoms with Crippen LogP contribution in [0.3, 0.4) is 0 Å². The summed E-state index contributed by atoms with van der Waals surface area (Å²) < 4.78 is 66.4. The lowest BCUT2D eigenvalue weighted by Crippen LogP contribution is -2.60. The van der Waals surface area contributed by atoms with Crippen molar-refractivity contribution in [3.8, 4) is 0 Å². The van der Waals surface area contributed by atoms with Gasteiger partial charge in [-0.15, -0.1) is 4.40 Å². The molecule has 0 aromatic carbocycles. The molecule has 150 valence electrons. The normalized spacial score (nSPS) is 38.4. The minimum Gasteiger partial charge on any atom is -0.379 e. The van der Waals surface area contributed by atoms with Crippen molar-refractivity contribution >= 4 is 16.5 Å². The molecule has 0 spiro atoms. The van der Waals surface area contributed by atoms with E-state index in [1.807, 2.05) is 0 Å². The van der Waals surface area contributed by atoms with Gasteiger partial charge >= 0.3 is 10.3 Å². The van der Waals surface area contributed by atoms with Crippen molar-refractivity contribution in [2.45, 2.75) is 63.4 Å². The van der Waals surface area contributed by atoms with E-state index in [9.17, 15) is 8.42 Å². The first-order chi connectivity index (χ1) is 12.0. The zero-order valence-corrected chi connectivity index (χ0v) is 16.3. The van der Waals surface area contributed by atoms with Crippen LogP contribution in [0.25, 0.3) is 0 Å². The predicted molar refractivity (Wildman–Crippen MR) is 87.8 cm³/mol. The number of hydrogen-bond acceptors (Lipinski definition) is 9. The molecule has 0 aliphatic carbocycles. The Bertz CT molecular complexity index is 662. The highest BCUT2D eigenvalue weighted by Crippen LogP contribution is 2.47. The van der Waals surface area contributed by atoms with Crippen LogP contribution in [0, 0.1) is 0 Å². The molecule has 26 heavy (non-hydrogen) atoms. The van der Waals surface area contributed by atoms with Crippen molar-refractivity contribution in [2.24, 2.45) is 4.40 Å². The molecule has 3 saturated heterocycles. The maximum Gasteiger partial charge on any atom is 0.380 e. The third-order valence-electron chi connectivity index (χ3n) is 4.13. The molecule has 4 atom stereocenters. The summed E-state index contributed by atoms with van der Waals surface area (Å²) in [7, 11) is -2.75. The van der Waals surface area contributed by atoms with Crippen molar-refractivity contribution < 1.29 is 41.0 Å². The van der Waals surface area contributed by atoms with Gasteiger partial charge in [-0.2, -0.15) is 8.42 Å². The average molecular weight is 395 g/mol. The van der Waals surface area contributed by atoms with Crippen LogP contribution in [0.5, 0.6) is 0 Å². The van der Waals surface area contributed by atoms with Crippen molar-refractivity contribution in [1.82, 2.24) is 0 Å². The number of nitrogens with zero attached hydrogens (tertiary/aromatic N) is 1. The first kappa shape index (κ1) is 20.1. The van der Waals surface area contributed by atoms with Crippen LogP contribution in [-0.4, -0.2) is 77.2 Å². The van der Waals surface area contributed by atoms with E-state index in [1.165, 1.54) is 7.11 Å². The minimum atomic E-state index is -4.18. The lowest BCUT2D eigenvalue weighted by Gasteiger charge is -2.40. The summed E-state index contributed by atoms with van der Waals surface area (Å²) in [5, 5.41) is 0. The van der Waals surface area contributed by atoms with E-state index >= 15 is 0 Å². The molecular formula is C15H25NO9S. The summed E-state index contributed by atoms with van der Waals surface area (Å²) in [6.07, 6.45) is -0.466. The van der Waals surface area contributed by atoms with E-state index in [4.69, 9.17) is 32.6 Å². The van der Waals surface area contributed by atoms with Crippen LogP contribution >= 0.6 is 0 Å². The third kappa shape index (κ3) is 4.09. The van der Waals surface area contributed by atoms with Crippen LogP contribution in [0.2, 0.25) is 0 Å². The van der Waals surface area contributed by atoms with Gasteiger partial charge in [0.25, 0.3) is 0 Å². The molecule has 0 saturated carbocycles. The average Bonchev–Trinajstić information content (AvgIpc) is 2.97. The standard InChI is InChI=1S/C15H25NO9S/c1-13(2)22-10-8-20-15(9-21-26(17,18)16-6-7-19-5)12(11(10)23-13)24-14(3,4)25-15/h6,10-12H,7-9H2,1-5H3/b16-6+/t10-,11-,12+,15+/m1/s1. The molecule has 0 bridgehead atoms. The molecule has 11 heteroatoms. The first-order valence-corrected chi connectivity index (χ1v) is 9.64. The fourth-order valence-corrected chi connectivity index (χ4v) is 3.95. The maximum absolute atomic E-state index is 11.9. The van der Waals surface area contributed by atoms with E-state index in [2.05, 4.69) is 4.40 Å². The van der Waals surface area contributed by atoms with E-state index in [0.29, 0.717) is 0 Å². The highest BCUT2D eigenvalue weighted by Gasteiger charge is 2.65. The molecule has 10 nitrogen and oxygen atoms in total. The fourth-order valence-electron chi connectivity index (χ4n) is 3.33. The van der Waals surface area contributed by atoms with Gasteiger partial charge in [-0.1, -0.05) is 0 Å². The Kier molecular flexibility index (Phi) is 5.21. The monoisotopic (exact) mass is 395 g/mol. The van der Waals surface area contributed by atoms with Crippen molar-refractivity contribution in [1.29, 1.82) is 0 Å². The van der Waals surface area contributed by atoms with Gasteiger partial charge in [-0.05, 0) is 27.7 Å². The smallest absolute Gasteiger partial charge is 0.379 e. The Morgan fingerprint density at radius 3 is 2.58 bits per heavy atom. The van der Waals surface area contributed by atoms with Crippen LogP contribution in [-0.2, 0) is 42.9 Å². The van der Waals surface area contributed by atoms with Gasteiger partial charge in [-0.25, -0.2) is 4.18 Å². The predicted octanol–water partition coefficient (Wildman–Crippen LogP) is 0.363. The first-order valence-electron chi connectivity index (χ1n) is 8.27. The summed E-state index contributed by atoms with van der Waals surface area (Å²) in [4.78, 5) is 0. The molecule has 0 aromatic heterocycles. The summed E-state index contributed by atoms with van der Waals surface area (Å²) in [6, 6.07) is 0. The van der Waals surface area contributed by atoms with Gasteiger partial charge < -0.3 is 28.4 Å². The number of ether oxygens (including phenoxy) is 6. The second-order valence-electron chi connectivity index (χ2n) is 7.24. The second-order valence-corrected chi connectivity index (χ2v) is 8.54. The molecule has 0 radical (unpaired) electrons. The van der Waals surface area contributed by atoms with Gasteiger partial charge in [0.05, 0.1) is 13.2 Å². The topological polar surface area (TPSA) is 111 Å². The van der Waals surface area contributed by atoms with Gasteiger partial charge in [0.2, 0.25) is 5.79 Å². The largest absolute Gasteiger partial charge is 0.380 e. The Morgan fingerprint density at radius 2 is 1.88 bits per heavy atom. The molecule has 3 aliphatic rings. The van der Waals surface area contributed by atoms with E-state index in [-0.39, 0.29) is 19.3 Å². The van der Waals surface area contributed by atoms with Gasteiger partial charge in [0.15, 0.2) is 11.6 Å². The van der Waals surface area contributed by atoms with Crippen LogP contribution in [0.4, 0.5) is 0 Å². The Morgan fingerprint density at radius 1 is 1.15 bits per heavy atom. The third-order valence-corrected chi connectivity index (χ3v) is 4.95. The zero-order chi connectivity index (χ0) is 19.2. The number of fused-ring (bicyclic) bond motifs is 3. The Balaban J connectivity index is 1.78. The molecule has 0 N–H and O–H groups in total. The quantitative estimate of drug-likeness (QED) is 0.589. The highest BCUT2D eigenvalue weighted by atomic mass is 32.2. The molecule has 3 heterocycles. The van der Waals surface area contributed by atoms with Crippen LogP contribution < -0.4 is 0 Å². The van der Waals surface area contributed by atoms with Crippen LogP contribution in [0.1, 0.15) is 27.7 Å². The van der Waals surface area contributed by atoms with Crippen molar-refractivity contribution in [3.63, 3.8) is 0 Å². The fraction of sp³-hybridized carbons (Fsp3) is 0.933. The number of rotatable bonds is 6. The molecule has 3 fully saturated rings. The Hall–Kier alpha value is -0.660. The lowest BCUT2D eigenvalue weighted by molar-refractivity contribution is -0.290. The highest BCUT2D eigenvalue weighted by molar-refractivity contribution is 7.85. The summed E-state index contributed by atoms with van der Waals surface area (Å²) in [5.41, 5.74) is 0. The minimum absolute atomic E-state index is 0.0452.